The number of ether oxygens (including phenoxy) is 1. The Kier molecular flexibility index (Phi) is 6.25. The molecule has 0 unspecified atom stereocenters. The molecule has 4 rings (SSSR count). The number of hydrogen-bond acceptors (Lipinski definition) is 4. The van der Waals surface area contributed by atoms with E-state index in [1.54, 1.807) is 0 Å². The third-order valence-corrected chi connectivity index (χ3v) is 4.76. The van der Waals surface area contributed by atoms with Gasteiger partial charge in [-0.25, -0.2) is 9.78 Å². The van der Waals surface area contributed by atoms with Crippen molar-refractivity contribution in [2.24, 2.45) is 0 Å². The zero-order chi connectivity index (χ0) is 18.8. The van der Waals surface area contributed by atoms with Crippen LogP contribution in [0.25, 0.3) is 16.9 Å². The molecule has 0 radical (unpaired) electrons. The Hall–Kier alpha value is -2.52. The van der Waals surface area contributed by atoms with Crippen molar-refractivity contribution in [1.82, 2.24) is 9.55 Å². The molecule has 0 bridgehead atoms. The monoisotopic (exact) mass is 371 g/mol. The fourth-order valence-electron chi connectivity index (χ4n) is 3.51. The first-order valence-electron chi connectivity index (χ1n) is 8.96. The fraction of sp³-hybridized carbons (Fsp3) is 0.238. The normalized spacial score (nSPS) is 13.8. The van der Waals surface area contributed by atoms with E-state index in [9.17, 15) is 9.90 Å². The van der Waals surface area contributed by atoms with Gasteiger partial charge in [0.1, 0.15) is 5.82 Å². The molecule has 0 aliphatic carbocycles. The van der Waals surface area contributed by atoms with Crippen LogP contribution in [0.2, 0.25) is 0 Å². The quantitative estimate of drug-likeness (QED) is 0.715. The van der Waals surface area contributed by atoms with Crippen LogP contribution in [0.4, 0.5) is 5.69 Å². The molecule has 6 nitrogen and oxygen atoms in total. The molecule has 140 valence electrons. The van der Waals surface area contributed by atoms with Gasteiger partial charge in [0.25, 0.3) is 0 Å². The predicted octanol–water partition coefficient (Wildman–Crippen LogP) is 2.73. The standard InChI is InChI=1S/C21H21N3O3.Li.H/c1-15-22-19(21(25)26)20(16-6-3-2-4-7-16)24(15)18-9-5-8-17(14-18)23-10-12-27-13-11-23;;/h2-9,14H,10-13H2,1H3,(H,25,26);;. The van der Waals surface area contributed by atoms with Gasteiger partial charge in [-0.05, 0) is 25.1 Å². The minimum absolute atomic E-state index is 0. The molecule has 1 aromatic heterocycles. The van der Waals surface area contributed by atoms with Crippen molar-refractivity contribution < 1.29 is 14.6 Å². The number of carbonyl (C=O) groups is 1. The number of anilines is 1. The number of benzene rings is 2. The molecule has 3 aromatic rings. The number of aromatic carboxylic acids is 1. The van der Waals surface area contributed by atoms with Gasteiger partial charge in [0.15, 0.2) is 5.69 Å². The molecule has 1 aliphatic rings. The van der Waals surface area contributed by atoms with Gasteiger partial charge in [-0.2, -0.15) is 0 Å². The van der Waals surface area contributed by atoms with Crippen molar-refractivity contribution in [3.05, 3.63) is 66.1 Å². The summed E-state index contributed by atoms with van der Waals surface area (Å²) in [5.41, 5.74) is 3.48. The Morgan fingerprint density at radius 3 is 2.39 bits per heavy atom. The van der Waals surface area contributed by atoms with Gasteiger partial charge in [0.05, 0.1) is 18.9 Å². The van der Waals surface area contributed by atoms with Gasteiger partial charge in [0.2, 0.25) is 0 Å². The molecular weight excluding hydrogens is 349 g/mol. The number of nitrogens with zero attached hydrogens (tertiary/aromatic N) is 3. The summed E-state index contributed by atoms with van der Waals surface area (Å²) in [7, 11) is 0. The van der Waals surface area contributed by atoms with Gasteiger partial charge in [-0.15, -0.1) is 0 Å². The number of carboxylic acids is 1. The van der Waals surface area contributed by atoms with Crippen molar-refractivity contribution in [2.45, 2.75) is 6.92 Å². The first kappa shape index (κ1) is 20.2. The Labute approximate surface area is 175 Å². The molecule has 28 heavy (non-hydrogen) atoms. The average molecular weight is 371 g/mol. The van der Waals surface area contributed by atoms with Gasteiger partial charge in [0, 0.05) is 30.0 Å². The summed E-state index contributed by atoms with van der Waals surface area (Å²) in [4.78, 5) is 18.4. The van der Waals surface area contributed by atoms with Crippen LogP contribution in [0, 0.1) is 6.92 Å². The van der Waals surface area contributed by atoms with Crippen LogP contribution in [0.1, 0.15) is 16.3 Å². The van der Waals surface area contributed by atoms with Gasteiger partial charge < -0.3 is 14.7 Å². The number of aryl methyl sites for hydroxylation is 1. The second-order valence-corrected chi connectivity index (χ2v) is 6.48. The maximum absolute atomic E-state index is 11.8. The number of carboxylic acid groups (broad SMARTS) is 1. The molecule has 0 spiro atoms. The van der Waals surface area contributed by atoms with Crippen molar-refractivity contribution in [3.8, 4) is 16.9 Å². The second kappa shape index (κ2) is 8.66. The fourth-order valence-corrected chi connectivity index (χ4v) is 3.51. The Morgan fingerprint density at radius 1 is 1.04 bits per heavy atom. The number of aromatic nitrogens is 2. The summed E-state index contributed by atoms with van der Waals surface area (Å²) < 4.78 is 7.36. The molecule has 1 aliphatic heterocycles. The molecule has 0 amide bonds. The number of imidazole rings is 1. The minimum atomic E-state index is -1.03. The third-order valence-electron chi connectivity index (χ3n) is 4.76. The van der Waals surface area contributed by atoms with E-state index in [4.69, 9.17) is 4.74 Å². The third kappa shape index (κ3) is 3.85. The van der Waals surface area contributed by atoms with E-state index < -0.39 is 5.97 Å². The van der Waals surface area contributed by atoms with Crippen molar-refractivity contribution in [1.29, 1.82) is 0 Å². The number of rotatable bonds is 4. The van der Waals surface area contributed by atoms with E-state index >= 15 is 0 Å². The topological polar surface area (TPSA) is 67.6 Å². The molecule has 1 N–H and O–H groups in total. The zero-order valence-corrected chi connectivity index (χ0v) is 15.1. The van der Waals surface area contributed by atoms with Crippen LogP contribution < -0.4 is 4.90 Å². The summed E-state index contributed by atoms with van der Waals surface area (Å²) in [5.74, 6) is -0.384. The number of morpholine rings is 1. The Morgan fingerprint density at radius 2 is 1.71 bits per heavy atom. The van der Waals surface area contributed by atoms with Crippen LogP contribution in [0.3, 0.4) is 0 Å². The van der Waals surface area contributed by atoms with Crippen molar-refractivity contribution in [3.63, 3.8) is 0 Å². The van der Waals surface area contributed by atoms with Crippen LogP contribution >= 0.6 is 0 Å². The second-order valence-electron chi connectivity index (χ2n) is 6.48. The van der Waals surface area contributed by atoms with Gasteiger partial charge in [-0.3, -0.25) is 4.57 Å². The average Bonchev–Trinajstić information content (AvgIpc) is 3.07. The molecule has 7 heteroatoms. The molecule has 1 fully saturated rings. The molecule has 1 saturated heterocycles. The van der Waals surface area contributed by atoms with E-state index in [0.717, 1.165) is 30.0 Å². The Balaban J connectivity index is 0.00000225. The van der Waals surface area contributed by atoms with Crippen molar-refractivity contribution >= 4 is 30.5 Å². The first-order valence-corrected chi connectivity index (χ1v) is 8.96. The zero-order valence-electron chi connectivity index (χ0n) is 15.1. The van der Waals surface area contributed by atoms with Crippen LogP contribution in [-0.4, -0.2) is 65.8 Å². The molecule has 2 heterocycles. The van der Waals surface area contributed by atoms with Crippen LogP contribution in [0.15, 0.2) is 54.6 Å². The molecule has 0 saturated carbocycles. The van der Waals surface area contributed by atoms with E-state index in [-0.39, 0.29) is 24.6 Å². The van der Waals surface area contributed by atoms with Gasteiger partial charge >= 0.3 is 24.8 Å². The first-order chi connectivity index (χ1) is 13.1. The summed E-state index contributed by atoms with van der Waals surface area (Å²) >= 11 is 0. The van der Waals surface area contributed by atoms with Gasteiger partial charge in [-0.1, -0.05) is 36.4 Å². The van der Waals surface area contributed by atoms with Crippen molar-refractivity contribution in [2.75, 3.05) is 31.2 Å². The predicted molar refractivity (Wildman–Crippen MR) is 111 cm³/mol. The summed E-state index contributed by atoms with van der Waals surface area (Å²) in [5, 5.41) is 9.67. The Bertz CT molecular complexity index is 966. The molecule has 2 aromatic carbocycles. The van der Waals surface area contributed by atoms with E-state index in [2.05, 4.69) is 22.0 Å². The van der Waals surface area contributed by atoms with E-state index in [0.29, 0.717) is 24.7 Å². The SMILES string of the molecule is Cc1nc(C(=O)O)c(-c2ccccc2)n1-c1cccc(N2CCOCC2)c1.[LiH]. The summed E-state index contributed by atoms with van der Waals surface area (Å²) in [6.07, 6.45) is 0. The van der Waals surface area contributed by atoms with E-state index in [1.165, 1.54) is 0 Å². The molecule has 0 atom stereocenters. The van der Waals surface area contributed by atoms with Crippen LogP contribution in [-0.2, 0) is 4.74 Å². The van der Waals surface area contributed by atoms with Crippen LogP contribution in [0.5, 0.6) is 0 Å². The maximum atomic E-state index is 11.8. The summed E-state index contributed by atoms with van der Waals surface area (Å²) in [6.45, 7) is 4.95. The summed E-state index contributed by atoms with van der Waals surface area (Å²) in [6, 6.07) is 17.7. The number of hydrogen-bond donors (Lipinski definition) is 1. The van der Waals surface area contributed by atoms with E-state index in [1.807, 2.05) is 54.0 Å². The molecular formula is C21H22LiN3O3.